The summed E-state index contributed by atoms with van der Waals surface area (Å²) < 4.78 is 40.0. The van der Waals surface area contributed by atoms with Crippen molar-refractivity contribution in [1.29, 1.82) is 0 Å². The van der Waals surface area contributed by atoms with Crippen LogP contribution in [0.15, 0.2) is 47.6 Å². The highest BCUT2D eigenvalue weighted by molar-refractivity contribution is 7.89. The van der Waals surface area contributed by atoms with Gasteiger partial charge in [0.2, 0.25) is 5.03 Å². The Balaban J connectivity index is 2.24. The first-order valence-corrected chi connectivity index (χ1v) is 7.64. The molecule has 7 heteroatoms. The zero-order chi connectivity index (χ0) is 14.8. The molecule has 2 rings (SSSR count). The van der Waals surface area contributed by atoms with Crippen LogP contribution in [0, 0.1) is 5.82 Å². The SMILES string of the molecule is CC(NS(=O)(=O)c1ncccc1F)c1ccc(Cl)cc1. The van der Waals surface area contributed by atoms with Crippen LogP contribution in [-0.4, -0.2) is 13.4 Å². The van der Waals surface area contributed by atoms with Gasteiger partial charge in [-0.2, -0.15) is 0 Å². The fraction of sp³-hybridized carbons (Fsp3) is 0.154. The van der Waals surface area contributed by atoms with Crippen LogP contribution in [-0.2, 0) is 10.0 Å². The van der Waals surface area contributed by atoms with E-state index in [9.17, 15) is 12.8 Å². The highest BCUT2D eigenvalue weighted by atomic mass is 35.5. The van der Waals surface area contributed by atoms with Crippen molar-refractivity contribution in [1.82, 2.24) is 9.71 Å². The molecule has 0 spiro atoms. The van der Waals surface area contributed by atoms with E-state index >= 15 is 0 Å². The maximum absolute atomic E-state index is 13.5. The molecule has 2 aromatic rings. The van der Waals surface area contributed by atoms with Gasteiger partial charge >= 0.3 is 0 Å². The second-order valence-electron chi connectivity index (χ2n) is 4.18. The lowest BCUT2D eigenvalue weighted by atomic mass is 10.1. The molecule has 0 radical (unpaired) electrons. The van der Waals surface area contributed by atoms with E-state index in [0.717, 1.165) is 6.07 Å². The number of aromatic nitrogens is 1. The summed E-state index contributed by atoms with van der Waals surface area (Å²) in [6.07, 6.45) is 1.23. The Morgan fingerprint density at radius 3 is 2.50 bits per heavy atom. The summed E-state index contributed by atoms with van der Waals surface area (Å²) in [5, 5.41) is -0.0552. The number of rotatable bonds is 4. The first kappa shape index (κ1) is 14.9. The van der Waals surface area contributed by atoms with Gasteiger partial charge in [-0.15, -0.1) is 0 Å². The number of hydrogen-bond acceptors (Lipinski definition) is 3. The molecule has 1 unspecified atom stereocenters. The van der Waals surface area contributed by atoms with Crippen molar-refractivity contribution in [2.45, 2.75) is 18.0 Å². The molecule has 0 aliphatic carbocycles. The minimum absolute atomic E-state index is 0.529. The third-order valence-electron chi connectivity index (χ3n) is 2.68. The van der Waals surface area contributed by atoms with E-state index < -0.39 is 26.9 Å². The monoisotopic (exact) mass is 314 g/mol. The quantitative estimate of drug-likeness (QED) is 0.944. The predicted octanol–water partition coefficient (Wildman–Crippen LogP) is 2.91. The van der Waals surface area contributed by atoms with Gasteiger partial charge in [0.15, 0.2) is 5.82 Å². The van der Waals surface area contributed by atoms with Crippen molar-refractivity contribution in [3.05, 3.63) is 59.0 Å². The van der Waals surface area contributed by atoms with E-state index in [-0.39, 0.29) is 0 Å². The van der Waals surface area contributed by atoms with Crippen LogP contribution in [0.4, 0.5) is 4.39 Å². The molecule has 20 heavy (non-hydrogen) atoms. The van der Waals surface area contributed by atoms with E-state index in [1.165, 1.54) is 12.3 Å². The minimum atomic E-state index is -4.02. The number of nitrogens with zero attached hydrogens (tertiary/aromatic N) is 1. The molecule has 0 saturated carbocycles. The Labute approximate surface area is 121 Å². The van der Waals surface area contributed by atoms with Crippen LogP contribution in [0.3, 0.4) is 0 Å². The number of nitrogens with one attached hydrogen (secondary N) is 1. The second kappa shape index (κ2) is 5.87. The smallest absolute Gasteiger partial charge is 0.241 e. The zero-order valence-corrected chi connectivity index (χ0v) is 12.1. The molecule has 0 aliphatic heterocycles. The summed E-state index contributed by atoms with van der Waals surface area (Å²) in [6.45, 7) is 1.65. The van der Waals surface area contributed by atoms with Crippen molar-refractivity contribution >= 4 is 21.6 Å². The van der Waals surface area contributed by atoms with E-state index in [2.05, 4.69) is 9.71 Å². The summed E-state index contributed by atoms with van der Waals surface area (Å²) in [5.41, 5.74) is 0.717. The van der Waals surface area contributed by atoms with Gasteiger partial charge in [0, 0.05) is 17.3 Å². The van der Waals surface area contributed by atoms with Gasteiger partial charge in [-0.25, -0.2) is 22.5 Å². The van der Waals surface area contributed by atoms with Crippen LogP contribution in [0.1, 0.15) is 18.5 Å². The maximum Gasteiger partial charge on any atom is 0.261 e. The summed E-state index contributed by atoms with van der Waals surface area (Å²) in [7, 11) is -4.02. The third kappa shape index (κ3) is 3.33. The summed E-state index contributed by atoms with van der Waals surface area (Å²) in [4.78, 5) is 3.56. The van der Waals surface area contributed by atoms with Crippen molar-refractivity contribution in [2.24, 2.45) is 0 Å². The molecule has 0 bridgehead atoms. The molecule has 0 saturated heterocycles. The highest BCUT2D eigenvalue weighted by Gasteiger charge is 2.23. The van der Waals surface area contributed by atoms with E-state index in [1.807, 2.05) is 0 Å². The molecule has 1 aromatic heterocycles. The molecule has 1 N–H and O–H groups in total. The fourth-order valence-corrected chi connectivity index (χ4v) is 3.04. The van der Waals surface area contributed by atoms with Crippen LogP contribution >= 0.6 is 11.6 Å². The normalized spacial score (nSPS) is 13.2. The maximum atomic E-state index is 13.5. The van der Waals surface area contributed by atoms with Gasteiger partial charge in [0.25, 0.3) is 10.0 Å². The Morgan fingerprint density at radius 1 is 1.25 bits per heavy atom. The standard InChI is InChI=1S/C13H12ClFN2O2S/c1-9(10-4-6-11(14)7-5-10)17-20(18,19)13-12(15)3-2-8-16-13/h2-9,17H,1H3. The fourth-order valence-electron chi connectivity index (χ4n) is 1.68. The summed E-state index contributed by atoms with van der Waals surface area (Å²) >= 11 is 5.77. The molecule has 1 heterocycles. The average Bonchev–Trinajstić information content (AvgIpc) is 2.39. The number of pyridine rings is 1. The lowest BCUT2D eigenvalue weighted by Gasteiger charge is -2.14. The first-order valence-electron chi connectivity index (χ1n) is 5.78. The number of hydrogen-bond donors (Lipinski definition) is 1. The van der Waals surface area contributed by atoms with Crippen molar-refractivity contribution < 1.29 is 12.8 Å². The molecule has 0 fully saturated rings. The first-order chi connectivity index (χ1) is 9.40. The van der Waals surface area contributed by atoms with Crippen LogP contribution in [0.5, 0.6) is 0 Å². The number of sulfonamides is 1. The van der Waals surface area contributed by atoms with Gasteiger partial charge in [-0.05, 0) is 36.8 Å². The van der Waals surface area contributed by atoms with Gasteiger partial charge in [-0.3, -0.25) is 0 Å². The van der Waals surface area contributed by atoms with Gasteiger partial charge in [0.1, 0.15) is 0 Å². The molecular weight excluding hydrogens is 303 g/mol. The van der Waals surface area contributed by atoms with Crippen molar-refractivity contribution in [2.75, 3.05) is 0 Å². The van der Waals surface area contributed by atoms with Crippen molar-refractivity contribution in [3.8, 4) is 0 Å². The molecule has 1 aromatic carbocycles. The average molecular weight is 315 g/mol. The second-order valence-corrected chi connectivity index (χ2v) is 6.25. The number of benzene rings is 1. The van der Waals surface area contributed by atoms with Gasteiger partial charge in [-0.1, -0.05) is 23.7 Å². The summed E-state index contributed by atoms with van der Waals surface area (Å²) in [5.74, 6) is -0.886. The van der Waals surface area contributed by atoms with Crippen molar-refractivity contribution in [3.63, 3.8) is 0 Å². The topological polar surface area (TPSA) is 59.1 Å². The lowest BCUT2D eigenvalue weighted by Crippen LogP contribution is -2.28. The molecular formula is C13H12ClFN2O2S. The zero-order valence-electron chi connectivity index (χ0n) is 10.5. The Hall–Kier alpha value is -1.50. The third-order valence-corrected chi connectivity index (χ3v) is 4.41. The Bertz CT molecular complexity index is 705. The Morgan fingerprint density at radius 2 is 1.90 bits per heavy atom. The molecule has 0 amide bonds. The number of halogens is 2. The largest absolute Gasteiger partial charge is 0.261 e. The van der Waals surface area contributed by atoms with E-state index in [0.29, 0.717) is 10.6 Å². The molecule has 106 valence electrons. The Kier molecular flexibility index (Phi) is 4.37. The summed E-state index contributed by atoms with van der Waals surface area (Å²) in [6, 6.07) is 8.56. The van der Waals surface area contributed by atoms with Gasteiger partial charge < -0.3 is 0 Å². The predicted molar refractivity (Wildman–Crippen MR) is 74.4 cm³/mol. The van der Waals surface area contributed by atoms with Crippen LogP contribution in [0.25, 0.3) is 0 Å². The molecule has 1 atom stereocenters. The molecule has 4 nitrogen and oxygen atoms in total. The van der Waals surface area contributed by atoms with Crippen LogP contribution < -0.4 is 4.72 Å². The van der Waals surface area contributed by atoms with E-state index in [4.69, 9.17) is 11.6 Å². The van der Waals surface area contributed by atoms with E-state index in [1.54, 1.807) is 31.2 Å². The minimum Gasteiger partial charge on any atom is -0.241 e. The van der Waals surface area contributed by atoms with Crippen LogP contribution in [0.2, 0.25) is 5.02 Å². The van der Waals surface area contributed by atoms with Gasteiger partial charge in [0.05, 0.1) is 0 Å². The lowest BCUT2D eigenvalue weighted by molar-refractivity contribution is 0.536. The molecule has 0 aliphatic rings. The highest BCUT2D eigenvalue weighted by Crippen LogP contribution is 2.19.